The summed E-state index contributed by atoms with van der Waals surface area (Å²) < 4.78 is 0. The molecule has 1 aromatic heterocycles. The van der Waals surface area contributed by atoms with Crippen LogP contribution in [0.4, 0.5) is 0 Å². The van der Waals surface area contributed by atoms with E-state index in [1.807, 2.05) is 30.5 Å². The third-order valence-corrected chi connectivity index (χ3v) is 7.27. The molecule has 2 aliphatic rings. The molecule has 1 atom stereocenters. The van der Waals surface area contributed by atoms with Gasteiger partial charge in [-0.05, 0) is 49.1 Å². The number of piperidine rings is 1. The monoisotopic (exact) mass is 391 g/mol. The smallest absolute Gasteiger partial charge is 0.253 e. The molecule has 144 valence electrons. The fourth-order valence-electron chi connectivity index (χ4n) is 4.75. The van der Waals surface area contributed by atoms with Gasteiger partial charge in [0.1, 0.15) is 0 Å². The Kier molecular flexibility index (Phi) is 4.44. The van der Waals surface area contributed by atoms with Crippen LogP contribution >= 0.6 is 11.3 Å². The number of nitrogens with zero attached hydrogens (tertiary/aromatic N) is 3. The predicted octanol–water partition coefficient (Wildman–Crippen LogP) is 4.49. The minimum Gasteiger partial charge on any atom is -0.337 e. The van der Waals surface area contributed by atoms with Gasteiger partial charge in [0.2, 0.25) is 0 Å². The Morgan fingerprint density at radius 2 is 2.00 bits per heavy atom. The van der Waals surface area contributed by atoms with E-state index in [2.05, 4.69) is 39.9 Å². The molecule has 5 rings (SSSR count). The zero-order chi connectivity index (χ0) is 19.1. The van der Waals surface area contributed by atoms with Gasteiger partial charge in [0.05, 0.1) is 5.01 Å². The second-order valence-corrected chi connectivity index (χ2v) is 9.45. The van der Waals surface area contributed by atoms with E-state index in [9.17, 15) is 4.79 Å². The van der Waals surface area contributed by atoms with E-state index in [4.69, 9.17) is 0 Å². The Balaban J connectivity index is 1.33. The van der Waals surface area contributed by atoms with Crippen molar-refractivity contribution in [3.05, 3.63) is 64.1 Å². The van der Waals surface area contributed by atoms with Gasteiger partial charge in [-0.3, -0.25) is 9.69 Å². The molecule has 2 saturated heterocycles. The van der Waals surface area contributed by atoms with Crippen molar-refractivity contribution in [1.29, 1.82) is 0 Å². The molecule has 0 unspecified atom stereocenters. The first kappa shape index (κ1) is 17.8. The summed E-state index contributed by atoms with van der Waals surface area (Å²) >= 11 is 1.78. The Morgan fingerprint density at radius 1 is 1.14 bits per heavy atom. The lowest BCUT2D eigenvalue weighted by molar-refractivity contribution is -0.0643. The van der Waals surface area contributed by atoms with Gasteiger partial charge < -0.3 is 4.90 Å². The summed E-state index contributed by atoms with van der Waals surface area (Å²) in [6, 6.07) is 14.3. The van der Waals surface area contributed by atoms with Crippen LogP contribution in [0.25, 0.3) is 10.8 Å². The van der Waals surface area contributed by atoms with E-state index in [-0.39, 0.29) is 11.4 Å². The van der Waals surface area contributed by atoms with Gasteiger partial charge in [-0.2, -0.15) is 0 Å². The molecular weight excluding hydrogens is 366 g/mol. The molecule has 2 aliphatic heterocycles. The molecule has 0 saturated carbocycles. The highest BCUT2D eigenvalue weighted by atomic mass is 32.1. The summed E-state index contributed by atoms with van der Waals surface area (Å²) in [5.41, 5.74) is 0.961. The van der Waals surface area contributed by atoms with Crippen molar-refractivity contribution < 1.29 is 4.79 Å². The van der Waals surface area contributed by atoms with Crippen molar-refractivity contribution in [2.24, 2.45) is 0 Å². The van der Waals surface area contributed by atoms with Crippen molar-refractivity contribution in [2.45, 2.75) is 38.3 Å². The minimum absolute atomic E-state index is 0.155. The maximum atomic E-state index is 13.2. The van der Waals surface area contributed by atoms with Crippen LogP contribution in [0.15, 0.2) is 48.7 Å². The van der Waals surface area contributed by atoms with Gasteiger partial charge in [-0.15, -0.1) is 11.3 Å². The third-order valence-electron chi connectivity index (χ3n) is 6.37. The molecule has 0 N–H and O–H groups in total. The molecule has 28 heavy (non-hydrogen) atoms. The number of aromatic nitrogens is 1. The summed E-state index contributed by atoms with van der Waals surface area (Å²) in [7, 11) is 0. The lowest BCUT2D eigenvalue weighted by Crippen LogP contribution is -2.66. The second kappa shape index (κ2) is 6.98. The number of fused-ring (bicyclic) bond motifs is 1. The van der Waals surface area contributed by atoms with Gasteiger partial charge in [-0.1, -0.05) is 30.3 Å². The Morgan fingerprint density at radius 3 is 2.75 bits per heavy atom. The molecule has 3 heterocycles. The normalized spacial score (nSPS) is 22.5. The number of rotatable bonds is 3. The summed E-state index contributed by atoms with van der Waals surface area (Å²) in [5.74, 6) is 0.172. The van der Waals surface area contributed by atoms with Crippen LogP contribution in [0.3, 0.4) is 0 Å². The van der Waals surface area contributed by atoms with E-state index < -0.39 is 0 Å². The summed E-state index contributed by atoms with van der Waals surface area (Å²) in [6.45, 7) is 5.85. The van der Waals surface area contributed by atoms with E-state index in [1.54, 1.807) is 11.3 Å². The average molecular weight is 392 g/mol. The first-order valence-corrected chi connectivity index (χ1v) is 10.9. The number of amides is 1. The molecule has 3 aromatic rings. The Hall–Kier alpha value is -2.24. The van der Waals surface area contributed by atoms with Crippen molar-refractivity contribution in [1.82, 2.24) is 14.8 Å². The number of likely N-dealkylation sites (tertiary alicyclic amines) is 2. The number of carbonyl (C=O) groups is 1. The molecule has 1 amide bonds. The number of aryl methyl sites for hydroxylation is 1. The summed E-state index contributed by atoms with van der Waals surface area (Å²) in [6.07, 6.45) is 5.46. The van der Waals surface area contributed by atoms with Gasteiger partial charge in [0.25, 0.3) is 5.91 Å². The van der Waals surface area contributed by atoms with Crippen molar-refractivity contribution >= 4 is 28.0 Å². The van der Waals surface area contributed by atoms with E-state index in [0.29, 0.717) is 0 Å². The number of carbonyl (C=O) groups excluding carboxylic acids is 1. The zero-order valence-electron chi connectivity index (χ0n) is 16.2. The maximum absolute atomic E-state index is 13.2. The molecule has 0 radical (unpaired) electrons. The Labute approximate surface area is 169 Å². The first-order chi connectivity index (χ1) is 13.6. The van der Waals surface area contributed by atoms with E-state index in [0.717, 1.165) is 48.6 Å². The SMILES string of the molecule is Cc1ncc(CN2CC[C@@]23CCCN(C(=O)c2ccc4ccccc4c2)C3)s1. The standard InChI is InChI=1S/C23H25N3OS/c1-17-24-14-21(28-17)15-26-12-10-23(26)9-4-11-25(16-23)22(27)20-8-7-18-5-2-3-6-19(18)13-20/h2-3,5-8,13-14H,4,9-12,15-16H2,1H3/t23-/m1/s1. The molecule has 5 heteroatoms. The largest absolute Gasteiger partial charge is 0.337 e. The molecule has 2 fully saturated rings. The molecular formula is C23H25N3OS. The number of thiazole rings is 1. The van der Waals surface area contributed by atoms with E-state index >= 15 is 0 Å². The molecule has 1 spiro atoms. The predicted molar refractivity (Wildman–Crippen MR) is 114 cm³/mol. The Bertz CT molecular complexity index is 1030. The summed E-state index contributed by atoms with van der Waals surface area (Å²) in [4.78, 5) is 23.6. The van der Waals surface area contributed by atoms with Crippen LogP contribution in [0.1, 0.15) is 39.5 Å². The highest BCUT2D eigenvalue weighted by molar-refractivity contribution is 7.11. The molecule has 4 nitrogen and oxygen atoms in total. The van der Waals surface area contributed by atoms with Gasteiger partial charge in [0.15, 0.2) is 0 Å². The van der Waals surface area contributed by atoms with Crippen LogP contribution in [0.5, 0.6) is 0 Å². The van der Waals surface area contributed by atoms with Crippen molar-refractivity contribution in [3.63, 3.8) is 0 Å². The van der Waals surface area contributed by atoms with Crippen LogP contribution < -0.4 is 0 Å². The van der Waals surface area contributed by atoms with Gasteiger partial charge in [-0.25, -0.2) is 4.98 Å². The highest BCUT2D eigenvalue weighted by Gasteiger charge is 2.48. The second-order valence-electron chi connectivity index (χ2n) is 8.13. The van der Waals surface area contributed by atoms with Gasteiger partial charge in [0, 0.05) is 48.4 Å². The number of hydrogen-bond acceptors (Lipinski definition) is 4. The summed E-state index contributed by atoms with van der Waals surface area (Å²) in [5, 5.41) is 3.44. The van der Waals surface area contributed by atoms with Crippen molar-refractivity contribution in [3.8, 4) is 0 Å². The van der Waals surface area contributed by atoms with Crippen LogP contribution in [-0.2, 0) is 6.54 Å². The molecule has 2 aromatic carbocycles. The fourth-order valence-corrected chi connectivity index (χ4v) is 5.56. The molecule has 0 aliphatic carbocycles. The maximum Gasteiger partial charge on any atom is 0.253 e. The van der Waals surface area contributed by atoms with Crippen molar-refractivity contribution in [2.75, 3.05) is 19.6 Å². The average Bonchev–Trinajstić information content (AvgIpc) is 3.15. The lowest BCUT2D eigenvalue weighted by Gasteiger charge is -2.57. The van der Waals surface area contributed by atoms with Crippen LogP contribution in [0, 0.1) is 6.92 Å². The molecule has 0 bridgehead atoms. The van der Waals surface area contributed by atoms with Crippen LogP contribution in [-0.4, -0.2) is 45.9 Å². The van der Waals surface area contributed by atoms with E-state index in [1.165, 1.54) is 23.1 Å². The highest BCUT2D eigenvalue weighted by Crippen LogP contribution is 2.40. The zero-order valence-corrected chi connectivity index (χ0v) is 17.0. The topological polar surface area (TPSA) is 36.4 Å². The number of hydrogen-bond donors (Lipinski definition) is 0. The van der Waals surface area contributed by atoms with Gasteiger partial charge >= 0.3 is 0 Å². The third kappa shape index (κ3) is 3.12. The quantitative estimate of drug-likeness (QED) is 0.660. The first-order valence-electron chi connectivity index (χ1n) is 10.1. The van der Waals surface area contributed by atoms with Crippen LogP contribution in [0.2, 0.25) is 0 Å². The number of benzene rings is 2. The minimum atomic E-state index is 0.155. The lowest BCUT2D eigenvalue weighted by atomic mass is 9.77. The fraction of sp³-hybridized carbons (Fsp3) is 0.391.